The Balaban J connectivity index is 1.90. The number of nitrogen functional groups attached to an aromatic ring is 1. The minimum Gasteiger partial charge on any atom is -0.508 e. The number of hydrogen-bond donors (Lipinski definition) is 2. The van der Waals surface area contributed by atoms with E-state index in [9.17, 15) is 5.11 Å². The average Bonchev–Trinajstić information content (AvgIpc) is 2.62. The van der Waals surface area contributed by atoms with Crippen LogP contribution >= 0.6 is 0 Å². The van der Waals surface area contributed by atoms with Crippen LogP contribution in [0.25, 0.3) is 33.2 Å². The molecule has 24 heavy (non-hydrogen) atoms. The summed E-state index contributed by atoms with van der Waals surface area (Å²) in [5.74, 6) is 0.264. The maximum absolute atomic E-state index is 9.51. The molecule has 4 rings (SSSR count). The molecule has 1 heterocycles. The molecule has 4 aromatic rings. The third-order valence-corrected chi connectivity index (χ3v) is 4.16. The van der Waals surface area contributed by atoms with E-state index in [0.29, 0.717) is 0 Å². The molecule has 0 radical (unpaired) electrons. The van der Waals surface area contributed by atoms with Crippen LogP contribution in [-0.2, 0) is 0 Å². The Hall–Kier alpha value is -3.33. The quantitative estimate of drug-likeness (QED) is 0.520. The second-order valence-corrected chi connectivity index (χ2v) is 5.76. The molecule has 0 spiro atoms. The van der Waals surface area contributed by atoms with Crippen molar-refractivity contribution >= 4 is 16.6 Å². The lowest BCUT2D eigenvalue weighted by Gasteiger charge is -2.09. The van der Waals surface area contributed by atoms with Crippen LogP contribution in [0, 0.1) is 0 Å². The van der Waals surface area contributed by atoms with Crippen LogP contribution in [0.2, 0.25) is 0 Å². The van der Waals surface area contributed by atoms with E-state index in [2.05, 4.69) is 17.1 Å². The summed E-state index contributed by atoms with van der Waals surface area (Å²) in [7, 11) is 0. The van der Waals surface area contributed by atoms with Gasteiger partial charge in [-0.2, -0.15) is 0 Å². The van der Waals surface area contributed by atoms with Gasteiger partial charge in [-0.1, -0.05) is 30.3 Å². The molecular weight excluding hydrogens is 296 g/mol. The fourth-order valence-electron chi connectivity index (χ4n) is 2.89. The molecule has 0 saturated heterocycles. The summed E-state index contributed by atoms with van der Waals surface area (Å²) in [6.45, 7) is 0. The first kappa shape index (κ1) is 14.3. The van der Waals surface area contributed by atoms with Crippen LogP contribution in [0.15, 0.2) is 79.0 Å². The van der Waals surface area contributed by atoms with Crippen molar-refractivity contribution in [2.75, 3.05) is 5.73 Å². The molecule has 0 aliphatic heterocycles. The van der Waals surface area contributed by atoms with E-state index in [-0.39, 0.29) is 5.75 Å². The van der Waals surface area contributed by atoms with E-state index < -0.39 is 0 Å². The maximum Gasteiger partial charge on any atom is 0.115 e. The van der Waals surface area contributed by atoms with Crippen LogP contribution in [0.3, 0.4) is 0 Å². The number of benzene rings is 3. The molecule has 3 aromatic carbocycles. The first-order valence-electron chi connectivity index (χ1n) is 7.75. The van der Waals surface area contributed by atoms with Gasteiger partial charge in [-0.25, -0.2) is 0 Å². The van der Waals surface area contributed by atoms with Crippen molar-refractivity contribution in [3.05, 3.63) is 79.0 Å². The molecule has 0 amide bonds. The number of nitrogens with two attached hydrogens (primary N) is 1. The maximum atomic E-state index is 9.51. The molecule has 0 bridgehead atoms. The molecule has 0 aliphatic rings. The Bertz CT molecular complexity index is 1010. The molecule has 0 saturated carbocycles. The first-order valence-corrected chi connectivity index (χ1v) is 7.75. The van der Waals surface area contributed by atoms with Gasteiger partial charge in [0, 0.05) is 17.3 Å². The van der Waals surface area contributed by atoms with Crippen molar-refractivity contribution in [3.8, 4) is 28.0 Å². The minimum atomic E-state index is 0.264. The Morgan fingerprint density at radius 2 is 1.38 bits per heavy atom. The van der Waals surface area contributed by atoms with Gasteiger partial charge < -0.3 is 10.8 Å². The predicted octanol–water partition coefficient (Wildman–Crippen LogP) is 4.86. The summed E-state index contributed by atoms with van der Waals surface area (Å²) >= 11 is 0. The number of phenolic OH excluding ortho intramolecular Hbond substituents is 1. The number of hydrogen-bond acceptors (Lipinski definition) is 3. The van der Waals surface area contributed by atoms with Crippen molar-refractivity contribution in [3.63, 3.8) is 0 Å². The fourth-order valence-corrected chi connectivity index (χ4v) is 2.89. The lowest BCUT2D eigenvalue weighted by molar-refractivity contribution is 0.475. The number of pyridine rings is 1. The Labute approximate surface area is 140 Å². The largest absolute Gasteiger partial charge is 0.508 e. The smallest absolute Gasteiger partial charge is 0.115 e. The fraction of sp³-hybridized carbons (Fsp3) is 0. The lowest BCUT2D eigenvalue weighted by atomic mass is 9.97. The monoisotopic (exact) mass is 312 g/mol. The molecule has 116 valence electrons. The Kier molecular flexibility index (Phi) is 3.39. The Morgan fingerprint density at radius 3 is 2.12 bits per heavy atom. The van der Waals surface area contributed by atoms with Crippen LogP contribution in [0.1, 0.15) is 0 Å². The van der Waals surface area contributed by atoms with E-state index in [1.54, 1.807) is 12.1 Å². The van der Waals surface area contributed by atoms with Gasteiger partial charge >= 0.3 is 0 Å². The van der Waals surface area contributed by atoms with Gasteiger partial charge in [0.05, 0.1) is 5.52 Å². The molecule has 1 aromatic heterocycles. The number of aromatic hydroxyl groups is 1. The van der Waals surface area contributed by atoms with Gasteiger partial charge in [0.1, 0.15) is 5.75 Å². The van der Waals surface area contributed by atoms with Gasteiger partial charge in [0.2, 0.25) is 0 Å². The highest BCUT2D eigenvalue weighted by molar-refractivity contribution is 5.96. The molecule has 3 heteroatoms. The molecule has 3 N–H and O–H groups in total. The highest BCUT2D eigenvalue weighted by Gasteiger charge is 2.07. The SMILES string of the molecule is Nc1ccc(-c2ccc3nccc(-c4ccc(O)cc4)c3c2)cc1. The number of fused-ring (bicyclic) bond motifs is 1. The molecule has 0 aliphatic carbocycles. The zero-order chi connectivity index (χ0) is 16.5. The van der Waals surface area contributed by atoms with E-state index in [1.807, 2.05) is 54.7 Å². The number of nitrogens with zero attached hydrogens (tertiary/aromatic N) is 1. The number of rotatable bonds is 2. The third-order valence-electron chi connectivity index (χ3n) is 4.16. The molecule has 0 unspecified atom stereocenters. The second-order valence-electron chi connectivity index (χ2n) is 5.76. The predicted molar refractivity (Wildman–Crippen MR) is 98.7 cm³/mol. The lowest BCUT2D eigenvalue weighted by Crippen LogP contribution is -1.87. The summed E-state index contributed by atoms with van der Waals surface area (Å²) in [6.07, 6.45) is 1.81. The zero-order valence-corrected chi connectivity index (χ0v) is 13.0. The van der Waals surface area contributed by atoms with Crippen LogP contribution in [0.5, 0.6) is 5.75 Å². The van der Waals surface area contributed by atoms with Gasteiger partial charge in [-0.3, -0.25) is 4.98 Å². The van der Waals surface area contributed by atoms with E-state index in [4.69, 9.17) is 5.73 Å². The molecule has 0 atom stereocenters. The average molecular weight is 312 g/mol. The number of phenols is 1. The van der Waals surface area contributed by atoms with Gasteiger partial charge in [0.15, 0.2) is 0 Å². The normalized spacial score (nSPS) is 10.8. The topological polar surface area (TPSA) is 59.1 Å². The molecule has 0 fully saturated rings. The van der Waals surface area contributed by atoms with Crippen LogP contribution < -0.4 is 5.73 Å². The van der Waals surface area contributed by atoms with Crippen molar-refractivity contribution in [1.29, 1.82) is 0 Å². The van der Waals surface area contributed by atoms with Crippen molar-refractivity contribution in [1.82, 2.24) is 4.98 Å². The zero-order valence-electron chi connectivity index (χ0n) is 13.0. The van der Waals surface area contributed by atoms with Crippen LogP contribution in [-0.4, -0.2) is 10.1 Å². The van der Waals surface area contributed by atoms with Gasteiger partial charge in [-0.05, 0) is 64.7 Å². The highest BCUT2D eigenvalue weighted by atomic mass is 16.3. The van der Waals surface area contributed by atoms with Gasteiger partial charge in [-0.15, -0.1) is 0 Å². The van der Waals surface area contributed by atoms with Crippen LogP contribution in [0.4, 0.5) is 5.69 Å². The second kappa shape index (κ2) is 5.70. The summed E-state index contributed by atoms with van der Waals surface area (Å²) < 4.78 is 0. The van der Waals surface area contributed by atoms with Gasteiger partial charge in [0.25, 0.3) is 0 Å². The number of anilines is 1. The summed E-state index contributed by atoms with van der Waals surface area (Å²) in [6, 6.07) is 23.3. The van der Waals surface area contributed by atoms with Crippen molar-refractivity contribution in [2.24, 2.45) is 0 Å². The van der Waals surface area contributed by atoms with E-state index >= 15 is 0 Å². The first-order chi connectivity index (χ1) is 11.7. The summed E-state index contributed by atoms with van der Waals surface area (Å²) in [4.78, 5) is 4.46. The number of aromatic nitrogens is 1. The van der Waals surface area contributed by atoms with Crippen molar-refractivity contribution < 1.29 is 5.11 Å². The Morgan fingerprint density at radius 1 is 0.708 bits per heavy atom. The molecule has 3 nitrogen and oxygen atoms in total. The van der Waals surface area contributed by atoms with E-state index in [1.165, 1.54) is 0 Å². The molecular formula is C21H16N2O. The minimum absolute atomic E-state index is 0.264. The van der Waals surface area contributed by atoms with E-state index in [0.717, 1.165) is 38.8 Å². The highest BCUT2D eigenvalue weighted by Crippen LogP contribution is 2.32. The summed E-state index contributed by atoms with van der Waals surface area (Å²) in [5, 5.41) is 10.6. The standard InChI is InChI=1S/C21H16N2O/c22-17-6-1-14(2-7-17)16-5-10-21-20(13-16)19(11-12-23-21)15-3-8-18(24)9-4-15/h1-13,24H,22H2. The third kappa shape index (κ3) is 2.57. The summed E-state index contributed by atoms with van der Waals surface area (Å²) in [5.41, 5.74) is 11.9. The van der Waals surface area contributed by atoms with Crippen molar-refractivity contribution in [2.45, 2.75) is 0 Å².